The van der Waals surface area contributed by atoms with Crippen molar-refractivity contribution >= 4 is 54.0 Å². The number of hydrogen-bond donors (Lipinski definition) is 0. The fourth-order valence-electron chi connectivity index (χ4n) is 3.22. The van der Waals surface area contributed by atoms with Gasteiger partial charge in [0.1, 0.15) is 0 Å². The summed E-state index contributed by atoms with van der Waals surface area (Å²) in [6.45, 7) is 8.78. The van der Waals surface area contributed by atoms with E-state index in [1.165, 1.54) is 38.2 Å². The predicted molar refractivity (Wildman–Crippen MR) is 136 cm³/mol. The van der Waals surface area contributed by atoms with E-state index in [1.54, 1.807) is 19.2 Å². The summed E-state index contributed by atoms with van der Waals surface area (Å²) in [4.78, 5) is 0. The van der Waals surface area contributed by atoms with E-state index in [0.29, 0.717) is 5.92 Å². The molecule has 0 unspecified atom stereocenters. The molecule has 0 atom stereocenters. The van der Waals surface area contributed by atoms with Crippen LogP contribution >= 0.6 is 24.8 Å². The molecule has 4 aromatic rings. The van der Waals surface area contributed by atoms with Crippen molar-refractivity contribution in [1.82, 2.24) is 0 Å². The molecule has 0 aliphatic rings. The van der Waals surface area contributed by atoms with Gasteiger partial charge in [-0.05, 0) is 5.92 Å². The predicted octanol–water partition coefficient (Wildman–Crippen LogP) is 8.22. The van der Waals surface area contributed by atoms with Crippen molar-refractivity contribution in [2.75, 3.05) is 0 Å². The fourth-order valence-corrected chi connectivity index (χ4v) is 3.22. The van der Waals surface area contributed by atoms with Crippen LogP contribution in [-0.2, 0) is 19.2 Å². The molecule has 4 aromatic carbocycles. The van der Waals surface area contributed by atoms with Gasteiger partial charge in [-0.3, -0.25) is 0 Å². The van der Waals surface area contributed by atoms with Gasteiger partial charge in [0.05, 0.1) is 0 Å². The van der Waals surface area contributed by atoms with Crippen molar-refractivity contribution in [3.05, 3.63) is 98.3 Å². The first-order valence-electron chi connectivity index (χ1n) is 8.57. The van der Waals surface area contributed by atoms with E-state index in [9.17, 15) is 0 Å². The van der Waals surface area contributed by atoms with Gasteiger partial charge in [-0.2, -0.15) is 12.1 Å². The molecule has 0 saturated carbocycles. The Morgan fingerprint density at radius 2 is 1.28 bits per heavy atom. The Bertz CT molecular complexity index is 921. The zero-order valence-electron chi connectivity index (χ0n) is 18.2. The van der Waals surface area contributed by atoms with Crippen molar-refractivity contribution in [3.8, 4) is 0 Å². The summed E-state index contributed by atoms with van der Waals surface area (Å²) in [6.07, 6.45) is 0. The molecule has 0 aliphatic heterocycles. The van der Waals surface area contributed by atoms with Crippen LogP contribution in [0.15, 0.2) is 66.7 Å². The van der Waals surface area contributed by atoms with Crippen LogP contribution in [-0.4, -0.2) is 7.63 Å². The van der Waals surface area contributed by atoms with Gasteiger partial charge >= 0.3 is 26.8 Å². The summed E-state index contributed by atoms with van der Waals surface area (Å²) in [5.41, 5.74) is 4.18. The normalized spacial score (nSPS) is 8.83. The molecule has 0 fully saturated rings. The average Bonchev–Trinajstić information content (AvgIpc) is 3.17. The van der Waals surface area contributed by atoms with E-state index in [2.05, 4.69) is 102 Å². The van der Waals surface area contributed by atoms with E-state index in [1.807, 2.05) is 0 Å². The first-order valence-corrected chi connectivity index (χ1v) is 11.4. The number of hydrogen-bond acceptors (Lipinski definition) is 0. The molecule has 0 spiro atoms. The van der Waals surface area contributed by atoms with Crippen LogP contribution < -0.4 is 0 Å². The van der Waals surface area contributed by atoms with Crippen molar-refractivity contribution in [2.45, 2.75) is 33.6 Å². The molecule has 2 radical (unpaired) electrons. The van der Waals surface area contributed by atoms with Gasteiger partial charge in [-0.15, -0.1) is 100.0 Å². The van der Waals surface area contributed by atoms with Gasteiger partial charge < -0.3 is 14.9 Å². The molecule has 158 valence electrons. The van der Waals surface area contributed by atoms with Crippen LogP contribution in [0.3, 0.4) is 0 Å². The first kappa shape index (κ1) is 32.8. The quantitative estimate of drug-likeness (QED) is 0.191. The molecule has 0 N–H and O–H groups in total. The third-order valence-corrected chi connectivity index (χ3v) is 4.31. The minimum absolute atomic E-state index is 0. The van der Waals surface area contributed by atoms with Crippen molar-refractivity contribution in [1.29, 1.82) is 0 Å². The van der Waals surface area contributed by atoms with Crippen molar-refractivity contribution in [2.24, 2.45) is 0 Å². The van der Waals surface area contributed by atoms with Crippen molar-refractivity contribution in [3.63, 3.8) is 0 Å². The molecular weight excluding hydrogens is 447 g/mol. The third kappa shape index (κ3) is 8.82. The van der Waals surface area contributed by atoms with E-state index in [0.717, 1.165) is 0 Å². The molecule has 0 heterocycles. The number of aryl methyl sites for hydroxylation is 2. The third-order valence-electron chi connectivity index (χ3n) is 4.31. The van der Waals surface area contributed by atoms with Gasteiger partial charge in [0.15, 0.2) is 0 Å². The van der Waals surface area contributed by atoms with Gasteiger partial charge in [-0.1, -0.05) is 45.4 Å². The summed E-state index contributed by atoms with van der Waals surface area (Å²) in [7, 11) is 2.97. The molecule has 0 saturated heterocycles. The van der Waals surface area contributed by atoms with Gasteiger partial charge in [0.2, 0.25) is 0 Å². The van der Waals surface area contributed by atoms with E-state index in [-0.39, 0.29) is 39.7 Å². The number of fused-ring (bicyclic) bond motifs is 2. The van der Waals surface area contributed by atoms with E-state index in [4.69, 9.17) is 0 Å². The Morgan fingerprint density at radius 1 is 0.759 bits per heavy atom. The van der Waals surface area contributed by atoms with Crippen LogP contribution in [0, 0.1) is 28.7 Å². The second-order valence-corrected chi connectivity index (χ2v) is 6.70. The molecule has 4 rings (SSSR count). The zero-order chi connectivity index (χ0) is 18.4. The van der Waals surface area contributed by atoms with Crippen LogP contribution in [0.1, 0.15) is 36.5 Å². The SMILES string of the molecule is Cc1cc2c(C(C)C)cccc2[cH-]1.Cc1cc2ccccc2[cH-]1.Cl.Cl.[CH3-].[CH3-].[Si]=[Ti]. The van der Waals surface area contributed by atoms with Crippen LogP contribution in [0.4, 0.5) is 0 Å². The van der Waals surface area contributed by atoms with Crippen LogP contribution in [0.25, 0.3) is 21.5 Å². The molecule has 0 aliphatic carbocycles. The Kier molecular flexibility index (Phi) is 18.0. The number of benzene rings is 2. The van der Waals surface area contributed by atoms with E-state index < -0.39 is 0 Å². The second-order valence-electron chi connectivity index (χ2n) is 6.70. The van der Waals surface area contributed by atoms with Crippen molar-refractivity contribution < 1.29 is 19.2 Å². The molecule has 4 heteroatoms. The Morgan fingerprint density at radius 3 is 1.86 bits per heavy atom. The summed E-state index contributed by atoms with van der Waals surface area (Å²) < 4.78 is 0. The van der Waals surface area contributed by atoms with Gasteiger partial charge in [0, 0.05) is 0 Å². The molecule has 0 nitrogen and oxygen atoms in total. The Hall–Kier alpha value is -0.829. The molecule has 29 heavy (non-hydrogen) atoms. The molecule has 0 aromatic heterocycles. The summed E-state index contributed by atoms with van der Waals surface area (Å²) in [6, 6.07) is 23.9. The van der Waals surface area contributed by atoms with Gasteiger partial charge in [0.25, 0.3) is 0 Å². The Balaban J connectivity index is -0.000000388. The minimum atomic E-state index is 0. The number of rotatable bonds is 1. The molecular formula is C25H32Cl2SiTi-4. The monoisotopic (exact) mass is 478 g/mol. The summed E-state index contributed by atoms with van der Waals surface area (Å²) in [5.74, 6) is 0.616. The topological polar surface area (TPSA) is 0 Å². The fraction of sp³-hybridized carbons (Fsp3) is 0.200. The first-order chi connectivity index (χ1) is 12.0. The standard InChI is InChI=1S/C13H15.C10H9.2CH3.2ClH.Si.Ti/c1-9(2)12-6-4-5-11-7-10(3)8-13(11)12;1-8-6-9-4-2-3-5-10(9)7-8;;;;;;/h4-9H,1-3H3;2-7H,1H3;2*1H3;2*1H;;/q4*-1;;;;. The number of halogens is 2. The maximum atomic E-state index is 2.97. The van der Waals surface area contributed by atoms with Gasteiger partial charge in [-0.25, -0.2) is 0 Å². The molecule has 0 bridgehead atoms. The summed E-state index contributed by atoms with van der Waals surface area (Å²) in [5, 5.41) is 5.50. The average molecular weight is 479 g/mol. The van der Waals surface area contributed by atoms with E-state index >= 15 is 0 Å². The van der Waals surface area contributed by atoms with Crippen LogP contribution in [0.5, 0.6) is 0 Å². The Labute approximate surface area is 204 Å². The maximum absolute atomic E-state index is 2.97. The summed E-state index contributed by atoms with van der Waals surface area (Å²) >= 11 is 1.81. The van der Waals surface area contributed by atoms with Crippen LogP contribution in [0.2, 0.25) is 0 Å². The second kappa shape index (κ2) is 15.9. The molecule has 0 amide bonds. The zero-order valence-corrected chi connectivity index (χ0v) is 22.4.